The zero-order valence-electron chi connectivity index (χ0n) is 13.7. The van der Waals surface area contributed by atoms with Gasteiger partial charge in [-0.1, -0.05) is 0 Å². The van der Waals surface area contributed by atoms with Crippen molar-refractivity contribution in [1.29, 1.82) is 0 Å². The zero-order valence-corrected chi connectivity index (χ0v) is 13.7. The molecule has 4 heteroatoms. The molecule has 124 valence electrons. The van der Waals surface area contributed by atoms with E-state index in [1.54, 1.807) is 18.3 Å². The second kappa shape index (κ2) is 4.95. The summed E-state index contributed by atoms with van der Waals surface area (Å²) in [4.78, 5) is 17.4. The molecule has 4 bridgehead atoms. The second-order valence-electron chi connectivity index (χ2n) is 8.18. The summed E-state index contributed by atoms with van der Waals surface area (Å²) in [5.74, 6) is 2.58. The lowest BCUT2D eigenvalue weighted by Gasteiger charge is -2.55. The Morgan fingerprint density at radius 2 is 1.75 bits per heavy atom. The van der Waals surface area contributed by atoms with Crippen LogP contribution in [0, 0.1) is 23.2 Å². The summed E-state index contributed by atoms with van der Waals surface area (Å²) in [5.41, 5.74) is 1.14. The van der Waals surface area contributed by atoms with Gasteiger partial charge in [-0.3, -0.25) is 9.78 Å². The molecule has 1 heterocycles. The summed E-state index contributed by atoms with van der Waals surface area (Å²) in [5, 5.41) is 14.0. The third-order valence-corrected chi connectivity index (χ3v) is 6.52. The maximum Gasteiger partial charge on any atom is 0.230 e. The molecule has 0 spiro atoms. The smallest absolute Gasteiger partial charge is 0.230 e. The molecular formula is C20H22N2O2. The van der Waals surface area contributed by atoms with Crippen LogP contribution in [0.25, 0.3) is 10.9 Å². The Balaban J connectivity index is 1.48. The SMILES string of the molecule is O=C(Nc1ccc(O)c2ncccc12)C12CC3CC(CC(C3)C1)C2. The number of nitrogens with zero attached hydrogens (tertiary/aromatic N) is 1. The zero-order chi connectivity index (χ0) is 16.3. The molecule has 4 fully saturated rings. The fraction of sp³-hybridized carbons (Fsp3) is 0.500. The standard InChI is InChI=1S/C20H22N2O2/c23-17-4-3-16(15-2-1-5-21-18(15)17)22-19(24)20-9-12-6-13(10-20)8-14(7-12)11-20/h1-5,12-14,23H,6-11H2,(H,22,24). The van der Waals surface area contributed by atoms with Gasteiger partial charge >= 0.3 is 0 Å². The van der Waals surface area contributed by atoms with Crippen molar-refractivity contribution in [2.45, 2.75) is 38.5 Å². The monoisotopic (exact) mass is 322 g/mol. The molecule has 6 rings (SSSR count). The largest absolute Gasteiger partial charge is 0.506 e. The third-order valence-electron chi connectivity index (χ3n) is 6.52. The molecule has 4 saturated carbocycles. The quantitative estimate of drug-likeness (QED) is 0.818. The van der Waals surface area contributed by atoms with E-state index in [2.05, 4.69) is 10.3 Å². The van der Waals surface area contributed by atoms with E-state index in [1.807, 2.05) is 12.1 Å². The number of rotatable bonds is 2. The third kappa shape index (κ3) is 2.05. The van der Waals surface area contributed by atoms with Gasteiger partial charge in [0, 0.05) is 11.6 Å². The molecule has 4 nitrogen and oxygen atoms in total. The predicted molar refractivity (Wildman–Crippen MR) is 92.6 cm³/mol. The number of phenolic OH excluding ortho intramolecular Hbond substituents is 1. The fourth-order valence-corrected chi connectivity index (χ4v) is 5.91. The normalized spacial score (nSPS) is 33.8. The number of hydrogen-bond acceptors (Lipinski definition) is 3. The molecule has 2 aromatic rings. The molecule has 4 aliphatic rings. The summed E-state index contributed by atoms with van der Waals surface area (Å²) < 4.78 is 0. The molecule has 24 heavy (non-hydrogen) atoms. The molecule has 0 saturated heterocycles. The number of aromatic hydroxyl groups is 1. The van der Waals surface area contributed by atoms with E-state index < -0.39 is 0 Å². The summed E-state index contributed by atoms with van der Waals surface area (Å²) in [6, 6.07) is 7.14. The van der Waals surface area contributed by atoms with E-state index >= 15 is 0 Å². The first-order valence-electron chi connectivity index (χ1n) is 9.01. The number of fused-ring (bicyclic) bond motifs is 1. The number of nitrogens with one attached hydrogen (secondary N) is 1. The van der Waals surface area contributed by atoms with Gasteiger partial charge in [0.2, 0.25) is 5.91 Å². The van der Waals surface area contributed by atoms with Crippen LogP contribution < -0.4 is 5.32 Å². The Hall–Kier alpha value is -2.10. The molecule has 0 unspecified atom stereocenters. The number of hydrogen-bond donors (Lipinski definition) is 2. The van der Waals surface area contributed by atoms with Gasteiger partial charge in [0.25, 0.3) is 0 Å². The second-order valence-corrected chi connectivity index (χ2v) is 8.18. The summed E-state index contributed by atoms with van der Waals surface area (Å²) in [6.07, 6.45) is 8.82. The number of amides is 1. The highest BCUT2D eigenvalue weighted by molar-refractivity contribution is 6.04. The van der Waals surface area contributed by atoms with Gasteiger partial charge in [0.05, 0.1) is 11.1 Å². The van der Waals surface area contributed by atoms with E-state index in [-0.39, 0.29) is 17.1 Å². The Kier molecular flexibility index (Phi) is 2.94. The van der Waals surface area contributed by atoms with E-state index in [4.69, 9.17) is 0 Å². The molecule has 0 radical (unpaired) electrons. The molecule has 1 amide bonds. The number of phenols is 1. The Morgan fingerprint density at radius 3 is 2.42 bits per heavy atom. The van der Waals surface area contributed by atoms with Gasteiger partial charge in [-0.25, -0.2) is 0 Å². The number of carbonyl (C=O) groups excluding carboxylic acids is 1. The van der Waals surface area contributed by atoms with E-state index in [0.29, 0.717) is 5.52 Å². The van der Waals surface area contributed by atoms with Crippen LogP contribution >= 0.6 is 0 Å². The van der Waals surface area contributed by atoms with Gasteiger partial charge in [-0.05, 0) is 80.5 Å². The molecule has 2 N–H and O–H groups in total. The summed E-state index contributed by atoms with van der Waals surface area (Å²) in [6.45, 7) is 0. The van der Waals surface area contributed by atoms with Crippen LogP contribution in [0.4, 0.5) is 5.69 Å². The van der Waals surface area contributed by atoms with Crippen molar-refractivity contribution in [2.75, 3.05) is 5.32 Å². The van der Waals surface area contributed by atoms with E-state index in [1.165, 1.54) is 19.3 Å². The van der Waals surface area contributed by atoms with Crippen LogP contribution in [-0.2, 0) is 4.79 Å². The predicted octanol–water partition coefficient (Wildman–Crippen LogP) is 4.10. The minimum absolute atomic E-state index is 0.151. The maximum absolute atomic E-state index is 13.2. The van der Waals surface area contributed by atoms with Crippen LogP contribution in [0.3, 0.4) is 0 Å². The van der Waals surface area contributed by atoms with Crippen LogP contribution in [0.2, 0.25) is 0 Å². The van der Waals surface area contributed by atoms with Crippen LogP contribution in [0.1, 0.15) is 38.5 Å². The topological polar surface area (TPSA) is 62.2 Å². The first-order valence-corrected chi connectivity index (χ1v) is 9.01. The first-order chi connectivity index (χ1) is 11.6. The number of aromatic nitrogens is 1. The van der Waals surface area contributed by atoms with Crippen LogP contribution in [0.15, 0.2) is 30.5 Å². The highest BCUT2D eigenvalue weighted by Crippen LogP contribution is 2.60. The van der Waals surface area contributed by atoms with Crippen molar-refractivity contribution >= 4 is 22.5 Å². The van der Waals surface area contributed by atoms with Crippen molar-refractivity contribution in [3.8, 4) is 5.75 Å². The van der Waals surface area contributed by atoms with Gasteiger partial charge in [0.1, 0.15) is 11.3 Å². The van der Waals surface area contributed by atoms with Gasteiger partial charge in [-0.15, -0.1) is 0 Å². The number of pyridine rings is 1. The van der Waals surface area contributed by atoms with Crippen molar-refractivity contribution < 1.29 is 9.90 Å². The molecule has 1 aromatic heterocycles. The van der Waals surface area contributed by atoms with Gasteiger partial charge in [0.15, 0.2) is 0 Å². The summed E-state index contributed by atoms with van der Waals surface area (Å²) >= 11 is 0. The molecule has 0 atom stereocenters. The van der Waals surface area contributed by atoms with Crippen LogP contribution in [0.5, 0.6) is 5.75 Å². The highest BCUT2D eigenvalue weighted by Gasteiger charge is 2.54. The van der Waals surface area contributed by atoms with Crippen molar-refractivity contribution in [3.63, 3.8) is 0 Å². The minimum Gasteiger partial charge on any atom is -0.506 e. The lowest BCUT2D eigenvalue weighted by molar-refractivity contribution is -0.140. The van der Waals surface area contributed by atoms with E-state index in [0.717, 1.165) is 48.1 Å². The number of carbonyl (C=O) groups is 1. The van der Waals surface area contributed by atoms with Crippen molar-refractivity contribution in [2.24, 2.45) is 23.2 Å². The summed E-state index contributed by atoms with van der Waals surface area (Å²) in [7, 11) is 0. The minimum atomic E-state index is -0.166. The maximum atomic E-state index is 13.2. The van der Waals surface area contributed by atoms with Gasteiger partial charge in [-0.2, -0.15) is 0 Å². The Bertz CT molecular complexity index is 794. The molecular weight excluding hydrogens is 300 g/mol. The average Bonchev–Trinajstić information content (AvgIpc) is 2.56. The molecule has 0 aliphatic heterocycles. The average molecular weight is 322 g/mol. The van der Waals surface area contributed by atoms with Crippen LogP contribution in [-0.4, -0.2) is 16.0 Å². The van der Waals surface area contributed by atoms with Crippen molar-refractivity contribution in [1.82, 2.24) is 4.98 Å². The first kappa shape index (κ1) is 14.3. The molecule has 4 aliphatic carbocycles. The van der Waals surface area contributed by atoms with E-state index in [9.17, 15) is 9.90 Å². The lowest BCUT2D eigenvalue weighted by Crippen LogP contribution is -2.51. The van der Waals surface area contributed by atoms with Gasteiger partial charge < -0.3 is 10.4 Å². The molecule has 1 aromatic carbocycles. The fourth-order valence-electron chi connectivity index (χ4n) is 5.91. The lowest BCUT2D eigenvalue weighted by atomic mass is 9.49. The van der Waals surface area contributed by atoms with Crippen molar-refractivity contribution in [3.05, 3.63) is 30.5 Å². The Morgan fingerprint density at radius 1 is 1.08 bits per heavy atom. The number of benzene rings is 1. The highest BCUT2D eigenvalue weighted by atomic mass is 16.3. The Labute approximate surface area is 141 Å². The number of anilines is 1.